The van der Waals surface area contributed by atoms with Crippen molar-refractivity contribution in [2.24, 2.45) is 0 Å². The highest BCUT2D eigenvalue weighted by Crippen LogP contribution is 2.23. The van der Waals surface area contributed by atoms with Crippen molar-refractivity contribution in [1.29, 1.82) is 5.26 Å². The van der Waals surface area contributed by atoms with Gasteiger partial charge in [0.1, 0.15) is 24.3 Å². The van der Waals surface area contributed by atoms with E-state index in [0.717, 1.165) is 28.0 Å². The second-order valence-electron chi connectivity index (χ2n) is 6.94. The molecule has 5 heteroatoms. The van der Waals surface area contributed by atoms with Crippen LogP contribution in [-0.2, 0) is 6.54 Å². The van der Waals surface area contributed by atoms with Crippen LogP contribution in [0.2, 0.25) is 0 Å². The number of nitriles is 1. The number of nitrogens with zero attached hydrogens (tertiary/aromatic N) is 3. The molecule has 0 saturated heterocycles. The van der Waals surface area contributed by atoms with Crippen LogP contribution in [-0.4, -0.2) is 27.4 Å². The number of imidazole rings is 1. The molecule has 1 heterocycles. The molecule has 29 heavy (non-hydrogen) atoms. The summed E-state index contributed by atoms with van der Waals surface area (Å²) >= 11 is 0. The molecule has 1 aromatic heterocycles. The molecule has 0 spiro atoms. The summed E-state index contributed by atoms with van der Waals surface area (Å²) in [6, 6.07) is 25.2. The van der Waals surface area contributed by atoms with Crippen LogP contribution in [0.1, 0.15) is 11.4 Å². The first kappa shape index (κ1) is 18.7. The number of para-hydroxylation sites is 2. The highest BCUT2D eigenvalue weighted by molar-refractivity contribution is 5.75. The van der Waals surface area contributed by atoms with E-state index in [-0.39, 0.29) is 6.61 Å². The number of aryl methyl sites for hydroxylation is 1. The SMILES string of the molecule is Cc1nc2ccccc2n1CC(O)COc1ccc(-c2ccc(C#N)cc2)cc1. The zero-order valence-electron chi connectivity index (χ0n) is 16.1. The van der Waals surface area contributed by atoms with Crippen LogP contribution in [0, 0.1) is 18.3 Å². The lowest BCUT2D eigenvalue weighted by atomic mass is 10.0. The zero-order chi connectivity index (χ0) is 20.2. The Kier molecular flexibility index (Phi) is 5.28. The molecule has 4 rings (SSSR count). The molecule has 4 aromatic rings. The quantitative estimate of drug-likeness (QED) is 0.538. The van der Waals surface area contributed by atoms with E-state index in [4.69, 9.17) is 10.00 Å². The van der Waals surface area contributed by atoms with E-state index in [0.29, 0.717) is 17.9 Å². The molecule has 1 N–H and O–H groups in total. The van der Waals surface area contributed by atoms with E-state index in [1.54, 1.807) is 12.1 Å². The fraction of sp³-hybridized carbons (Fsp3) is 0.167. The summed E-state index contributed by atoms with van der Waals surface area (Å²) in [5.74, 6) is 1.57. The van der Waals surface area contributed by atoms with E-state index in [2.05, 4.69) is 11.1 Å². The van der Waals surface area contributed by atoms with E-state index >= 15 is 0 Å². The zero-order valence-corrected chi connectivity index (χ0v) is 16.1. The lowest BCUT2D eigenvalue weighted by molar-refractivity contribution is 0.0929. The summed E-state index contributed by atoms with van der Waals surface area (Å²) in [5, 5.41) is 19.3. The van der Waals surface area contributed by atoms with Gasteiger partial charge in [0.2, 0.25) is 0 Å². The number of hydrogen-bond donors (Lipinski definition) is 1. The van der Waals surface area contributed by atoms with Crippen LogP contribution < -0.4 is 4.74 Å². The minimum atomic E-state index is -0.649. The molecule has 3 aromatic carbocycles. The number of aromatic nitrogens is 2. The standard InChI is InChI=1S/C24H21N3O2/c1-17-26-23-4-2-3-5-24(23)27(17)15-21(28)16-29-22-12-10-20(11-13-22)19-8-6-18(14-25)7-9-19/h2-13,21,28H,15-16H2,1H3. The maximum absolute atomic E-state index is 10.4. The number of aliphatic hydroxyl groups is 1. The van der Waals surface area contributed by atoms with Crippen molar-refractivity contribution in [1.82, 2.24) is 9.55 Å². The van der Waals surface area contributed by atoms with Gasteiger partial charge in [-0.2, -0.15) is 5.26 Å². The molecular formula is C24H21N3O2. The monoisotopic (exact) mass is 383 g/mol. The predicted octanol–water partition coefficient (Wildman–Crippen LogP) is 4.32. The van der Waals surface area contributed by atoms with Crippen molar-refractivity contribution in [3.8, 4) is 22.9 Å². The van der Waals surface area contributed by atoms with Crippen molar-refractivity contribution < 1.29 is 9.84 Å². The third-order valence-corrected chi connectivity index (χ3v) is 4.88. The molecule has 0 aliphatic carbocycles. The fourth-order valence-electron chi connectivity index (χ4n) is 3.36. The third-order valence-electron chi connectivity index (χ3n) is 4.88. The highest BCUT2D eigenvalue weighted by atomic mass is 16.5. The van der Waals surface area contributed by atoms with Crippen LogP contribution in [0.15, 0.2) is 72.8 Å². The molecule has 0 aliphatic rings. The number of fused-ring (bicyclic) bond motifs is 1. The van der Waals surface area contributed by atoms with E-state index < -0.39 is 6.10 Å². The smallest absolute Gasteiger partial charge is 0.119 e. The number of benzene rings is 3. The van der Waals surface area contributed by atoms with Crippen molar-refractivity contribution in [2.45, 2.75) is 19.6 Å². The van der Waals surface area contributed by atoms with E-state index in [1.807, 2.05) is 72.2 Å². The predicted molar refractivity (Wildman–Crippen MR) is 113 cm³/mol. The molecule has 5 nitrogen and oxygen atoms in total. The normalized spacial score (nSPS) is 11.9. The molecule has 1 atom stereocenters. The molecule has 0 fully saturated rings. The molecule has 0 amide bonds. The molecule has 144 valence electrons. The Morgan fingerprint density at radius 3 is 2.34 bits per heavy atom. The summed E-state index contributed by atoms with van der Waals surface area (Å²) in [5.41, 5.74) is 4.66. The fourth-order valence-corrected chi connectivity index (χ4v) is 3.36. The summed E-state index contributed by atoms with van der Waals surface area (Å²) in [6.45, 7) is 2.56. The van der Waals surface area contributed by atoms with Gasteiger partial charge in [0.05, 0.1) is 29.2 Å². The molecule has 1 unspecified atom stereocenters. The third kappa shape index (κ3) is 4.13. The Labute approximate surface area is 169 Å². The molecule has 0 saturated carbocycles. The van der Waals surface area contributed by atoms with Crippen molar-refractivity contribution >= 4 is 11.0 Å². The van der Waals surface area contributed by atoms with Gasteiger partial charge in [-0.1, -0.05) is 36.4 Å². The van der Waals surface area contributed by atoms with Crippen LogP contribution >= 0.6 is 0 Å². The van der Waals surface area contributed by atoms with Crippen molar-refractivity contribution in [3.63, 3.8) is 0 Å². The van der Waals surface area contributed by atoms with E-state index in [1.165, 1.54) is 0 Å². The van der Waals surface area contributed by atoms with Crippen LogP contribution in [0.3, 0.4) is 0 Å². The second kappa shape index (κ2) is 8.17. The number of rotatable bonds is 6. The first-order valence-electron chi connectivity index (χ1n) is 9.47. The Balaban J connectivity index is 1.38. The van der Waals surface area contributed by atoms with Gasteiger partial charge in [0.15, 0.2) is 0 Å². The van der Waals surface area contributed by atoms with Gasteiger partial charge in [0.25, 0.3) is 0 Å². The Bertz CT molecular complexity index is 1160. The topological polar surface area (TPSA) is 71.1 Å². The minimum absolute atomic E-state index is 0.197. The number of hydrogen-bond acceptors (Lipinski definition) is 4. The number of ether oxygens (including phenoxy) is 1. The minimum Gasteiger partial charge on any atom is -0.491 e. The average molecular weight is 383 g/mol. The maximum Gasteiger partial charge on any atom is 0.119 e. The average Bonchev–Trinajstić information content (AvgIpc) is 3.08. The Morgan fingerprint density at radius 2 is 1.66 bits per heavy atom. The second-order valence-corrected chi connectivity index (χ2v) is 6.94. The lowest BCUT2D eigenvalue weighted by Crippen LogP contribution is -2.24. The van der Waals surface area contributed by atoms with Crippen molar-refractivity contribution in [2.75, 3.05) is 6.61 Å². The molecule has 0 aliphatic heterocycles. The largest absolute Gasteiger partial charge is 0.491 e. The molecular weight excluding hydrogens is 362 g/mol. The van der Waals surface area contributed by atoms with E-state index in [9.17, 15) is 5.11 Å². The maximum atomic E-state index is 10.4. The van der Waals surface area contributed by atoms with Gasteiger partial charge in [-0.25, -0.2) is 4.98 Å². The Hall–Kier alpha value is -3.62. The Morgan fingerprint density at radius 1 is 1.00 bits per heavy atom. The van der Waals surface area contributed by atoms with Crippen LogP contribution in [0.25, 0.3) is 22.2 Å². The van der Waals surface area contributed by atoms with Crippen LogP contribution in [0.5, 0.6) is 5.75 Å². The first-order valence-corrected chi connectivity index (χ1v) is 9.47. The van der Waals surface area contributed by atoms with Gasteiger partial charge in [-0.3, -0.25) is 0 Å². The highest BCUT2D eigenvalue weighted by Gasteiger charge is 2.12. The summed E-state index contributed by atoms with van der Waals surface area (Å²) < 4.78 is 7.78. The van der Waals surface area contributed by atoms with Gasteiger partial charge >= 0.3 is 0 Å². The van der Waals surface area contributed by atoms with Gasteiger partial charge in [-0.15, -0.1) is 0 Å². The first-order chi connectivity index (χ1) is 14.1. The lowest BCUT2D eigenvalue weighted by Gasteiger charge is -2.15. The van der Waals surface area contributed by atoms with Gasteiger partial charge in [-0.05, 0) is 54.4 Å². The van der Waals surface area contributed by atoms with Gasteiger partial charge in [0, 0.05) is 0 Å². The molecule has 0 radical (unpaired) electrons. The summed E-state index contributed by atoms with van der Waals surface area (Å²) in [6.07, 6.45) is -0.649. The van der Waals surface area contributed by atoms with Crippen molar-refractivity contribution in [3.05, 3.63) is 84.2 Å². The van der Waals surface area contributed by atoms with Gasteiger partial charge < -0.3 is 14.4 Å². The number of aliphatic hydroxyl groups excluding tert-OH is 1. The molecule has 0 bridgehead atoms. The summed E-state index contributed by atoms with van der Waals surface area (Å²) in [7, 11) is 0. The summed E-state index contributed by atoms with van der Waals surface area (Å²) in [4.78, 5) is 4.53. The van der Waals surface area contributed by atoms with Crippen LogP contribution in [0.4, 0.5) is 0 Å².